The van der Waals surface area contributed by atoms with Gasteiger partial charge in [0.1, 0.15) is 11.9 Å². The number of nitrogens with one attached hydrogen (secondary N) is 1. The van der Waals surface area contributed by atoms with Gasteiger partial charge in [-0.3, -0.25) is 4.79 Å². The summed E-state index contributed by atoms with van der Waals surface area (Å²) in [6.07, 6.45) is 2.16. The molecule has 3 rings (SSSR count). The molecule has 7 heteroatoms. The van der Waals surface area contributed by atoms with Gasteiger partial charge in [-0.15, -0.1) is 0 Å². The van der Waals surface area contributed by atoms with Gasteiger partial charge >= 0.3 is 5.97 Å². The van der Waals surface area contributed by atoms with Gasteiger partial charge in [-0.05, 0) is 50.8 Å². The van der Waals surface area contributed by atoms with Crippen LogP contribution < -0.4 is 10.2 Å². The Balaban J connectivity index is 1.62. The van der Waals surface area contributed by atoms with Crippen molar-refractivity contribution in [3.63, 3.8) is 0 Å². The van der Waals surface area contributed by atoms with Crippen LogP contribution in [0.5, 0.6) is 0 Å². The Bertz CT molecular complexity index is 945. The van der Waals surface area contributed by atoms with E-state index in [9.17, 15) is 14.9 Å². The molecule has 156 valence electrons. The fourth-order valence-corrected chi connectivity index (χ4v) is 3.68. The summed E-state index contributed by atoms with van der Waals surface area (Å²) < 4.78 is 5.05. The number of carbonyl (C=O) groups excluding carboxylic acids is 2. The Hall–Kier alpha value is -3.40. The SMILES string of the molecule is CCOC(=O)c1cc(C#N)c(N2CCC(CC(=O)Nc3ccccc3)CC2)nc1C. The lowest BCUT2D eigenvalue weighted by molar-refractivity contribution is -0.117. The zero-order valence-electron chi connectivity index (χ0n) is 17.4. The number of aryl methyl sites for hydroxylation is 1. The molecule has 30 heavy (non-hydrogen) atoms. The van der Waals surface area contributed by atoms with Crippen molar-refractivity contribution >= 4 is 23.4 Å². The summed E-state index contributed by atoms with van der Waals surface area (Å²) in [4.78, 5) is 31.0. The molecular formula is C23H26N4O3. The molecule has 1 aromatic carbocycles. The third-order valence-electron chi connectivity index (χ3n) is 5.25. The predicted octanol–water partition coefficient (Wildman–Crippen LogP) is 3.68. The molecule has 0 spiro atoms. The van der Waals surface area contributed by atoms with Crippen molar-refractivity contribution < 1.29 is 14.3 Å². The molecule has 1 aliphatic rings. The second kappa shape index (κ2) is 9.88. The van der Waals surface area contributed by atoms with Crippen LogP contribution >= 0.6 is 0 Å². The van der Waals surface area contributed by atoms with Crippen molar-refractivity contribution in [3.05, 3.63) is 53.2 Å². The van der Waals surface area contributed by atoms with Crippen molar-refractivity contribution in [2.75, 3.05) is 29.9 Å². The zero-order chi connectivity index (χ0) is 21.5. The molecule has 1 saturated heterocycles. The average Bonchev–Trinajstić information content (AvgIpc) is 2.75. The highest BCUT2D eigenvalue weighted by Gasteiger charge is 2.25. The maximum atomic E-state index is 12.3. The number of benzene rings is 1. The van der Waals surface area contributed by atoms with Gasteiger partial charge in [-0.1, -0.05) is 18.2 Å². The van der Waals surface area contributed by atoms with Crippen LogP contribution in [0.2, 0.25) is 0 Å². The molecule has 1 N–H and O–H groups in total. The van der Waals surface area contributed by atoms with E-state index >= 15 is 0 Å². The average molecular weight is 406 g/mol. The molecule has 7 nitrogen and oxygen atoms in total. The number of rotatable bonds is 6. The number of aromatic nitrogens is 1. The number of amides is 1. The number of para-hydroxylation sites is 1. The lowest BCUT2D eigenvalue weighted by Crippen LogP contribution is -2.36. The Morgan fingerprint density at radius 1 is 1.27 bits per heavy atom. The van der Waals surface area contributed by atoms with E-state index in [0.29, 0.717) is 42.1 Å². The van der Waals surface area contributed by atoms with Crippen molar-refractivity contribution in [3.8, 4) is 6.07 Å². The smallest absolute Gasteiger partial charge is 0.340 e. The van der Waals surface area contributed by atoms with Crippen LogP contribution in [0.4, 0.5) is 11.5 Å². The highest BCUT2D eigenvalue weighted by atomic mass is 16.5. The summed E-state index contributed by atoms with van der Waals surface area (Å²) >= 11 is 0. The number of ether oxygens (including phenoxy) is 1. The van der Waals surface area contributed by atoms with Crippen LogP contribution in [0.1, 0.15) is 47.8 Å². The van der Waals surface area contributed by atoms with Gasteiger partial charge in [0.05, 0.1) is 23.4 Å². The number of hydrogen-bond donors (Lipinski definition) is 1. The zero-order valence-corrected chi connectivity index (χ0v) is 17.4. The number of hydrogen-bond acceptors (Lipinski definition) is 6. The molecular weight excluding hydrogens is 380 g/mol. The number of anilines is 2. The van der Waals surface area contributed by atoms with E-state index in [2.05, 4.69) is 21.3 Å². The van der Waals surface area contributed by atoms with E-state index in [1.54, 1.807) is 19.9 Å². The lowest BCUT2D eigenvalue weighted by atomic mass is 9.93. The van der Waals surface area contributed by atoms with Gasteiger partial charge in [0.2, 0.25) is 5.91 Å². The first kappa shape index (κ1) is 21.3. The molecule has 0 unspecified atom stereocenters. The van der Waals surface area contributed by atoms with Crippen LogP contribution in [0.15, 0.2) is 36.4 Å². The van der Waals surface area contributed by atoms with Crippen molar-refractivity contribution in [2.24, 2.45) is 5.92 Å². The summed E-state index contributed by atoms with van der Waals surface area (Å²) in [5.41, 5.74) is 2.04. The van der Waals surface area contributed by atoms with Gasteiger partial charge in [0.25, 0.3) is 0 Å². The third-order valence-corrected chi connectivity index (χ3v) is 5.25. The van der Waals surface area contributed by atoms with Gasteiger partial charge < -0.3 is 15.0 Å². The molecule has 0 atom stereocenters. The summed E-state index contributed by atoms with van der Waals surface area (Å²) in [6.45, 7) is 5.18. The minimum atomic E-state index is -0.464. The molecule has 1 amide bonds. The number of nitrogens with zero attached hydrogens (tertiary/aromatic N) is 3. The van der Waals surface area contributed by atoms with E-state index < -0.39 is 5.97 Å². The minimum Gasteiger partial charge on any atom is -0.462 e. The molecule has 2 heterocycles. The van der Waals surface area contributed by atoms with E-state index in [-0.39, 0.29) is 18.4 Å². The van der Waals surface area contributed by atoms with Gasteiger partial charge in [0, 0.05) is 25.2 Å². The summed E-state index contributed by atoms with van der Waals surface area (Å²) in [7, 11) is 0. The highest BCUT2D eigenvalue weighted by molar-refractivity contribution is 5.92. The Morgan fingerprint density at radius 3 is 2.60 bits per heavy atom. The number of esters is 1. The standard InChI is InChI=1S/C23H26N4O3/c1-3-30-23(29)20-14-18(15-24)22(25-16(20)2)27-11-9-17(10-12-27)13-21(28)26-19-7-5-4-6-8-19/h4-8,14,17H,3,9-13H2,1-2H3,(H,26,28). The summed E-state index contributed by atoms with van der Waals surface area (Å²) in [5, 5.41) is 12.5. The van der Waals surface area contributed by atoms with Gasteiger partial charge in [-0.25, -0.2) is 9.78 Å². The van der Waals surface area contributed by atoms with Gasteiger partial charge in [0.15, 0.2) is 0 Å². The van der Waals surface area contributed by atoms with Crippen LogP contribution in [0, 0.1) is 24.2 Å². The maximum Gasteiger partial charge on any atom is 0.340 e. The second-order valence-electron chi connectivity index (χ2n) is 7.37. The fraction of sp³-hybridized carbons (Fsp3) is 0.391. The summed E-state index contributed by atoms with van der Waals surface area (Å²) in [5.74, 6) is 0.435. The molecule has 1 fully saturated rings. The quantitative estimate of drug-likeness (QED) is 0.735. The largest absolute Gasteiger partial charge is 0.462 e. The third kappa shape index (κ3) is 5.15. The molecule has 0 saturated carbocycles. The maximum absolute atomic E-state index is 12.3. The molecule has 0 radical (unpaired) electrons. The van der Waals surface area contributed by atoms with Crippen molar-refractivity contribution in [1.82, 2.24) is 4.98 Å². The van der Waals surface area contributed by atoms with Gasteiger partial charge in [-0.2, -0.15) is 5.26 Å². The number of carbonyl (C=O) groups is 2. The Labute approximate surface area is 176 Å². The minimum absolute atomic E-state index is 0.0186. The monoisotopic (exact) mass is 406 g/mol. The van der Waals surface area contributed by atoms with Crippen LogP contribution in [-0.2, 0) is 9.53 Å². The van der Waals surface area contributed by atoms with Crippen molar-refractivity contribution in [2.45, 2.75) is 33.1 Å². The Kier molecular flexibility index (Phi) is 7.02. The lowest BCUT2D eigenvalue weighted by Gasteiger charge is -2.33. The second-order valence-corrected chi connectivity index (χ2v) is 7.37. The number of nitriles is 1. The van der Waals surface area contributed by atoms with Crippen LogP contribution in [0.25, 0.3) is 0 Å². The summed E-state index contributed by atoms with van der Waals surface area (Å²) in [6, 6.07) is 13.2. The first-order valence-corrected chi connectivity index (χ1v) is 10.2. The normalized spacial score (nSPS) is 14.1. The van der Waals surface area contributed by atoms with E-state index in [0.717, 1.165) is 18.5 Å². The predicted molar refractivity (Wildman–Crippen MR) is 114 cm³/mol. The van der Waals surface area contributed by atoms with E-state index in [1.807, 2.05) is 30.3 Å². The van der Waals surface area contributed by atoms with Crippen LogP contribution in [0.3, 0.4) is 0 Å². The van der Waals surface area contributed by atoms with Crippen molar-refractivity contribution in [1.29, 1.82) is 5.26 Å². The molecule has 1 aromatic heterocycles. The topological polar surface area (TPSA) is 95.3 Å². The van der Waals surface area contributed by atoms with E-state index in [1.165, 1.54) is 0 Å². The molecule has 0 bridgehead atoms. The molecule has 1 aliphatic heterocycles. The first-order valence-electron chi connectivity index (χ1n) is 10.2. The number of piperidine rings is 1. The molecule has 0 aliphatic carbocycles. The highest BCUT2D eigenvalue weighted by Crippen LogP contribution is 2.28. The van der Waals surface area contributed by atoms with Crippen LogP contribution in [-0.4, -0.2) is 36.6 Å². The van der Waals surface area contributed by atoms with E-state index in [4.69, 9.17) is 4.74 Å². The molecule has 2 aromatic rings. The Morgan fingerprint density at radius 2 is 1.97 bits per heavy atom. The fourth-order valence-electron chi connectivity index (χ4n) is 3.68. The first-order chi connectivity index (χ1) is 14.5. The number of pyridine rings is 1.